The van der Waals surface area contributed by atoms with E-state index in [9.17, 15) is 0 Å². The summed E-state index contributed by atoms with van der Waals surface area (Å²) >= 11 is 12.4. The van der Waals surface area contributed by atoms with Crippen molar-refractivity contribution >= 4 is 28.8 Å². The Morgan fingerprint density at radius 1 is 1.24 bits per heavy atom. The van der Waals surface area contributed by atoms with Gasteiger partial charge >= 0.3 is 0 Å². The molecule has 0 aromatic heterocycles. The molecule has 2 bridgehead atoms. The molecule has 1 nitrogen and oxygen atoms in total. The number of likely N-dealkylation sites (N-methyl/N-ethyl adjacent to an activating group) is 1. The minimum atomic E-state index is 0.582. The normalized spacial score (nSPS) is 28.3. The summed E-state index contributed by atoms with van der Waals surface area (Å²) < 4.78 is 0. The summed E-state index contributed by atoms with van der Waals surface area (Å²) in [6.45, 7) is 0. The molecule has 0 spiro atoms. The Bertz CT molecular complexity index is 481. The summed E-state index contributed by atoms with van der Waals surface area (Å²) in [6.07, 6.45) is 6.01. The summed E-state index contributed by atoms with van der Waals surface area (Å²) in [5.41, 5.74) is 2.48. The van der Waals surface area contributed by atoms with E-state index in [1.54, 1.807) is 0 Å². The van der Waals surface area contributed by atoms with Gasteiger partial charge in [-0.2, -0.15) is 0 Å². The van der Waals surface area contributed by atoms with Crippen LogP contribution in [0.5, 0.6) is 0 Å². The number of rotatable bonds is 1. The SMILES string of the molecule is CN1C2C=C(c3cccc(Cl)c3Cl)CC1CC2. The number of fused-ring (bicyclic) bond motifs is 2. The molecule has 0 radical (unpaired) electrons. The van der Waals surface area contributed by atoms with E-state index < -0.39 is 0 Å². The van der Waals surface area contributed by atoms with Crippen LogP contribution in [0.15, 0.2) is 24.3 Å². The van der Waals surface area contributed by atoms with Gasteiger partial charge in [0.05, 0.1) is 10.0 Å². The number of hydrogen-bond donors (Lipinski definition) is 0. The third kappa shape index (κ3) is 1.91. The van der Waals surface area contributed by atoms with Crippen LogP contribution in [0, 0.1) is 0 Å². The van der Waals surface area contributed by atoms with Gasteiger partial charge in [-0.3, -0.25) is 4.90 Å². The van der Waals surface area contributed by atoms with Crippen LogP contribution >= 0.6 is 23.2 Å². The minimum absolute atomic E-state index is 0.582. The predicted molar refractivity (Wildman–Crippen MR) is 73.6 cm³/mol. The lowest BCUT2D eigenvalue weighted by molar-refractivity contribution is 0.264. The van der Waals surface area contributed by atoms with E-state index in [0.29, 0.717) is 22.1 Å². The molecule has 1 aromatic carbocycles. The Hall–Kier alpha value is -0.500. The lowest BCUT2D eigenvalue weighted by Gasteiger charge is -2.30. The molecule has 0 aliphatic carbocycles. The van der Waals surface area contributed by atoms with Gasteiger partial charge in [-0.15, -0.1) is 0 Å². The van der Waals surface area contributed by atoms with E-state index in [2.05, 4.69) is 24.1 Å². The molecular formula is C14H15Cl2N. The second kappa shape index (κ2) is 4.31. The molecule has 90 valence electrons. The average molecular weight is 268 g/mol. The largest absolute Gasteiger partial charge is 0.297 e. The molecule has 2 heterocycles. The zero-order chi connectivity index (χ0) is 12.0. The van der Waals surface area contributed by atoms with Crippen LogP contribution < -0.4 is 0 Å². The highest BCUT2D eigenvalue weighted by molar-refractivity contribution is 6.43. The van der Waals surface area contributed by atoms with Crippen molar-refractivity contribution < 1.29 is 0 Å². The molecule has 3 rings (SSSR count). The number of hydrogen-bond acceptors (Lipinski definition) is 1. The summed E-state index contributed by atoms with van der Waals surface area (Å²) in [7, 11) is 2.22. The Labute approximate surface area is 112 Å². The first kappa shape index (κ1) is 11.6. The van der Waals surface area contributed by atoms with E-state index in [1.165, 1.54) is 18.4 Å². The summed E-state index contributed by atoms with van der Waals surface area (Å²) in [4.78, 5) is 2.47. The lowest BCUT2D eigenvalue weighted by Crippen LogP contribution is -2.34. The first-order chi connectivity index (χ1) is 8.16. The first-order valence-corrected chi connectivity index (χ1v) is 6.79. The highest BCUT2D eigenvalue weighted by atomic mass is 35.5. The van der Waals surface area contributed by atoms with Crippen molar-refractivity contribution in [1.82, 2.24) is 4.90 Å². The van der Waals surface area contributed by atoms with Crippen LogP contribution in [-0.2, 0) is 0 Å². The van der Waals surface area contributed by atoms with Gasteiger partial charge in [0.25, 0.3) is 0 Å². The van der Waals surface area contributed by atoms with Crippen molar-refractivity contribution in [2.45, 2.75) is 31.3 Å². The van der Waals surface area contributed by atoms with Crippen LogP contribution in [0.25, 0.3) is 5.57 Å². The minimum Gasteiger partial charge on any atom is -0.297 e. The first-order valence-electron chi connectivity index (χ1n) is 6.04. The topological polar surface area (TPSA) is 3.24 Å². The van der Waals surface area contributed by atoms with Gasteiger partial charge < -0.3 is 0 Å². The molecule has 0 saturated carbocycles. The van der Waals surface area contributed by atoms with E-state index in [-0.39, 0.29) is 0 Å². The second-order valence-corrected chi connectivity index (χ2v) is 5.75. The highest BCUT2D eigenvalue weighted by Gasteiger charge is 2.34. The molecule has 3 heteroatoms. The van der Waals surface area contributed by atoms with Gasteiger partial charge in [0.1, 0.15) is 0 Å². The van der Waals surface area contributed by atoms with Gasteiger partial charge in [0, 0.05) is 12.1 Å². The maximum atomic E-state index is 6.29. The van der Waals surface area contributed by atoms with Gasteiger partial charge in [0.15, 0.2) is 0 Å². The van der Waals surface area contributed by atoms with Crippen LogP contribution in [-0.4, -0.2) is 24.0 Å². The molecule has 2 aliphatic heterocycles. The van der Waals surface area contributed by atoms with Crippen LogP contribution in [0.1, 0.15) is 24.8 Å². The summed E-state index contributed by atoms with van der Waals surface area (Å²) in [5.74, 6) is 0. The zero-order valence-electron chi connectivity index (χ0n) is 9.79. The lowest BCUT2D eigenvalue weighted by atomic mass is 9.95. The van der Waals surface area contributed by atoms with Crippen molar-refractivity contribution in [2.24, 2.45) is 0 Å². The van der Waals surface area contributed by atoms with E-state index in [1.807, 2.05) is 12.1 Å². The standard InChI is InChI=1S/C14H15Cl2N/c1-17-10-5-6-11(17)8-9(7-10)12-3-2-4-13(15)14(12)16/h2-4,7,10-11H,5-6,8H2,1H3. The monoisotopic (exact) mass is 267 g/mol. The van der Waals surface area contributed by atoms with Gasteiger partial charge in [-0.05, 0) is 43.5 Å². The second-order valence-electron chi connectivity index (χ2n) is 4.96. The summed E-state index contributed by atoms with van der Waals surface area (Å²) in [5, 5.41) is 1.35. The fraction of sp³-hybridized carbons (Fsp3) is 0.429. The van der Waals surface area contributed by atoms with Crippen molar-refractivity contribution in [2.75, 3.05) is 7.05 Å². The van der Waals surface area contributed by atoms with Crippen molar-refractivity contribution in [3.05, 3.63) is 39.9 Å². The molecule has 1 aromatic rings. The molecule has 2 aliphatic rings. The third-order valence-electron chi connectivity index (χ3n) is 4.04. The molecule has 0 N–H and O–H groups in total. The fourth-order valence-electron chi connectivity index (χ4n) is 2.99. The molecule has 1 saturated heterocycles. The van der Waals surface area contributed by atoms with Gasteiger partial charge in [-0.25, -0.2) is 0 Å². The number of halogens is 2. The van der Waals surface area contributed by atoms with Crippen LogP contribution in [0.4, 0.5) is 0 Å². The molecule has 17 heavy (non-hydrogen) atoms. The molecule has 1 fully saturated rings. The molecular weight excluding hydrogens is 253 g/mol. The Kier molecular flexibility index (Phi) is 2.94. The van der Waals surface area contributed by atoms with Crippen LogP contribution in [0.2, 0.25) is 10.0 Å². The molecule has 0 amide bonds. The van der Waals surface area contributed by atoms with Gasteiger partial charge in [0.2, 0.25) is 0 Å². The quantitative estimate of drug-likeness (QED) is 0.736. The third-order valence-corrected chi connectivity index (χ3v) is 4.86. The molecule has 2 unspecified atom stereocenters. The smallest absolute Gasteiger partial charge is 0.0667 e. The Morgan fingerprint density at radius 2 is 2.06 bits per heavy atom. The maximum Gasteiger partial charge on any atom is 0.0667 e. The van der Waals surface area contributed by atoms with Crippen molar-refractivity contribution in [1.29, 1.82) is 0 Å². The fourth-order valence-corrected chi connectivity index (χ4v) is 3.42. The average Bonchev–Trinajstić information content (AvgIpc) is 2.54. The maximum absolute atomic E-state index is 6.29. The van der Waals surface area contributed by atoms with E-state index in [4.69, 9.17) is 23.2 Å². The van der Waals surface area contributed by atoms with Crippen molar-refractivity contribution in [3.63, 3.8) is 0 Å². The van der Waals surface area contributed by atoms with E-state index in [0.717, 1.165) is 12.0 Å². The summed E-state index contributed by atoms with van der Waals surface area (Å²) in [6, 6.07) is 7.15. The number of benzene rings is 1. The Morgan fingerprint density at radius 3 is 2.82 bits per heavy atom. The van der Waals surface area contributed by atoms with E-state index >= 15 is 0 Å². The number of nitrogens with zero attached hydrogens (tertiary/aromatic N) is 1. The van der Waals surface area contributed by atoms with Crippen molar-refractivity contribution in [3.8, 4) is 0 Å². The predicted octanol–water partition coefficient (Wildman–Crippen LogP) is 4.24. The Balaban J connectivity index is 2.01. The zero-order valence-corrected chi connectivity index (χ0v) is 11.3. The molecule has 2 atom stereocenters. The van der Waals surface area contributed by atoms with Crippen LogP contribution in [0.3, 0.4) is 0 Å². The highest BCUT2D eigenvalue weighted by Crippen LogP contribution is 2.40. The van der Waals surface area contributed by atoms with Gasteiger partial charge in [-0.1, -0.05) is 41.4 Å².